The third-order valence-electron chi connectivity index (χ3n) is 11.0. The molecule has 0 spiro atoms. The number of rotatable bonds is 6. The lowest BCUT2D eigenvalue weighted by Gasteiger charge is -2.61. The Morgan fingerprint density at radius 1 is 0.828 bits per heavy atom. The molecule has 4 aliphatic rings. The normalized spacial score (nSPS) is 48.1. The molecule has 0 aliphatic heterocycles. The van der Waals surface area contributed by atoms with Gasteiger partial charge in [0.2, 0.25) is 0 Å². The summed E-state index contributed by atoms with van der Waals surface area (Å²) in [4.78, 5) is 0. The molecule has 1 N–H and O–H groups in total. The van der Waals surface area contributed by atoms with Crippen LogP contribution in [0.4, 0.5) is 0 Å². The number of aliphatic hydroxyl groups excluding tert-OH is 1. The first-order valence-electron chi connectivity index (χ1n) is 13.4. The van der Waals surface area contributed by atoms with Crippen molar-refractivity contribution in [1.29, 1.82) is 0 Å². The van der Waals surface area contributed by atoms with E-state index in [1.54, 1.807) is 0 Å². The van der Waals surface area contributed by atoms with Crippen LogP contribution in [0.25, 0.3) is 0 Å². The van der Waals surface area contributed by atoms with Crippen LogP contribution in [-0.2, 0) is 0 Å². The Labute approximate surface area is 181 Å². The highest BCUT2D eigenvalue weighted by Crippen LogP contribution is 2.68. The van der Waals surface area contributed by atoms with E-state index in [1.165, 1.54) is 70.6 Å². The van der Waals surface area contributed by atoms with Crippen LogP contribution in [0.3, 0.4) is 0 Å². The lowest BCUT2D eigenvalue weighted by molar-refractivity contribution is -0.127. The largest absolute Gasteiger partial charge is 0.393 e. The van der Waals surface area contributed by atoms with Gasteiger partial charge in [0.25, 0.3) is 0 Å². The molecule has 4 fully saturated rings. The molecule has 5 unspecified atom stereocenters. The second-order valence-electron chi connectivity index (χ2n) is 13.1. The molecule has 4 rings (SSSR count). The molecular formula is C28H50O. The van der Waals surface area contributed by atoms with Gasteiger partial charge in [0.1, 0.15) is 0 Å². The van der Waals surface area contributed by atoms with Gasteiger partial charge >= 0.3 is 0 Å². The molecule has 0 bridgehead atoms. The molecule has 168 valence electrons. The third-order valence-corrected chi connectivity index (χ3v) is 11.0. The number of hydrogen-bond acceptors (Lipinski definition) is 1. The first kappa shape index (κ1) is 22.2. The lowest BCUT2D eigenvalue weighted by atomic mass is 9.44. The van der Waals surface area contributed by atoms with Gasteiger partial charge in [-0.25, -0.2) is 0 Å². The SMILES string of the molecule is CC(C)CCC[C@@H](C)CC1CCC2[C@@H]3CC[C@@H]4C[C@@H](O)CCC4(C)C3CCC12C. The maximum Gasteiger partial charge on any atom is 0.0543 e. The van der Waals surface area contributed by atoms with Crippen LogP contribution < -0.4 is 0 Å². The Morgan fingerprint density at radius 2 is 1.55 bits per heavy atom. The lowest BCUT2D eigenvalue weighted by Crippen LogP contribution is -2.53. The van der Waals surface area contributed by atoms with Gasteiger partial charge in [0, 0.05) is 0 Å². The van der Waals surface area contributed by atoms with E-state index < -0.39 is 0 Å². The molecule has 0 aromatic heterocycles. The van der Waals surface area contributed by atoms with E-state index in [0.717, 1.165) is 54.3 Å². The summed E-state index contributed by atoms with van der Waals surface area (Å²) in [5.41, 5.74) is 1.16. The van der Waals surface area contributed by atoms with Crippen LogP contribution in [0.15, 0.2) is 0 Å². The Bertz CT molecular complexity index is 555. The van der Waals surface area contributed by atoms with E-state index in [2.05, 4.69) is 34.6 Å². The zero-order chi connectivity index (χ0) is 20.8. The molecule has 0 amide bonds. The molecule has 0 aromatic rings. The molecule has 1 nitrogen and oxygen atoms in total. The minimum Gasteiger partial charge on any atom is -0.393 e. The highest BCUT2D eigenvalue weighted by Gasteiger charge is 2.59. The fraction of sp³-hybridized carbons (Fsp3) is 1.00. The van der Waals surface area contributed by atoms with Crippen LogP contribution >= 0.6 is 0 Å². The van der Waals surface area contributed by atoms with E-state index in [1.807, 2.05) is 0 Å². The van der Waals surface area contributed by atoms with Crippen molar-refractivity contribution in [3.63, 3.8) is 0 Å². The fourth-order valence-electron chi connectivity index (χ4n) is 9.21. The quantitative estimate of drug-likeness (QED) is 0.479. The van der Waals surface area contributed by atoms with Gasteiger partial charge in [-0.1, -0.05) is 53.9 Å². The van der Waals surface area contributed by atoms with E-state index >= 15 is 0 Å². The topological polar surface area (TPSA) is 20.2 Å². The fourth-order valence-corrected chi connectivity index (χ4v) is 9.21. The van der Waals surface area contributed by atoms with Crippen LogP contribution in [0.2, 0.25) is 0 Å². The monoisotopic (exact) mass is 402 g/mol. The zero-order valence-corrected chi connectivity index (χ0v) is 20.3. The second-order valence-corrected chi connectivity index (χ2v) is 13.1. The van der Waals surface area contributed by atoms with Crippen molar-refractivity contribution in [3.8, 4) is 0 Å². The number of fused-ring (bicyclic) bond motifs is 5. The standard InChI is InChI=1S/C28H50O/c1-19(2)7-6-8-20(3)17-21-10-12-25-24-11-9-22-18-23(29)13-15-27(22,4)26(24)14-16-28(21,25)5/h19-26,29H,6-18H2,1-5H3/t20-,21?,22-,23+,24+,25?,26?,27?,28?/m1/s1. The molecule has 0 radical (unpaired) electrons. The van der Waals surface area contributed by atoms with Gasteiger partial charge in [-0.3, -0.25) is 0 Å². The first-order chi connectivity index (χ1) is 13.7. The summed E-state index contributed by atoms with van der Waals surface area (Å²) in [6.45, 7) is 12.6. The minimum absolute atomic E-state index is 0.00785. The van der Waals surface area contributed by atoms with Crippen molar-refractivity contribution < 1.29 is 5.11 Å². The molecular weight excluding hydrogens is 352 g/mol. The van der Waals surface area contributed by atoms with Crippen molar-refractivity contribution in [2.24, 2.45) is 52.3 Å². The predicted molar refractivity (Wildman–Crippen MR) is 124 cm³/mol. The molecule has 4 saturated carbocycles. The summed E-state index contributed by atoms with van der Waals surface area (Å²) in [6, 6.07) is 0. The highest BCUT2D eigenvalue weighted by molar-refractivity contribution is 5.09. The van der Waals surface area contributed by atoms with E-state index in [9.17, 15) is 5.11 Å². The number of aliphatic hydroxyl groups is 1. The Morgan fingerprint density at radius 3 is 2.31 bits per heavy atom. The van der Waals surface area contributed by atoms with Crippen LogP contribution in [0.1, 0.15) is 118 Å². The molecule has 29 heavy (non-hydrogen) atoms. The van der Waals surface area contributed by atoms with Crippen LogP contribution in [0.5, 0.6) is 0 Å². The summed E-state index contributed by atoms with van der Waals surface area (Å²) in [7, 11) is 0. The second kappa shape index (κ2) is 8.48. The van der Waals surface area contributed by atoms with Gasteiger partial charge in [-0.2, -0.15) is 0 Å². The summed E-state index contributed by atoms with van der Waals surface area (Å²) in [5, 5.41) is 10.3. The number of hydrogen-bond donors (Lipinski definition) is 1. The van der Waals surface area contributed by atoms with E-state index in [4.69, 9.17) is 0 Å². The van der Waals surface area contributed by atoms with Crippen molar-refractivity contribution in [3.05, 3.63) is 0 Å². The maximum absolute atomic E-state index is 10.3. The average Bonchev–Trinajstić information content (AvgIpc) is 2.98. The smallest absolute Gasteiger partial charge is 0.0543 e. The molecule has 0 heterocycles. The molecule has 1 heteroatoms. The van der Waals surface area contributed by atoms with Crippen LogP contribution in [0, 0.1) is 52.3 Å². The van der Waals surface area contributed by atoms with Crippen molar-refractivity contribution in [2.75, 3.05) is 0 Å². The maximum atomic E-state index is 10.3. The summed E-state index contributed by atoms with van der Waals surface area (Å²) >= 11 is 0. The summed E-state index contributed by atoms with van der Waals surface area (Å²) in [6.07, 6.45) is 18.1. The van der Waals surface area contributed by atoms with Crippen molar-refractivity contribution in [2.45, 2.75) is 124 Å². The van der Waals surface area contributed by atoms with Gasteiger partial charge in [0.15, 0.2) is 0 Å². The summed E-state index contributed by atoms with van der Waals surface area (Å²) < 4.78 is 0. The minimum atomic E-state index is -0.00785. The van der Waals surface area contributed by atoms with Gasteiger partial charge in [0.05, 0.1) is 6.10 Å². The molecule has 4 aliphatic carbocycles. The Hall–Kier alpha value is -0.0400. The molecule has 0 aromatic carbocycles. The van der Waals surface area contributed by atoms with E-state index in [-0.39, 0.29) is 6.10 Å². The van der Waals surface area contributed by atoms with Crippen LogP contribution in [-0.4, -0.2) is 11.2 Å². The predicted octanol–water partition coefficient (Wildman–Crippen LogP) is 7.86. The summed E-state index contributed by atoms with van der Waals surface area (Å²) in [5.74, 6) is 6.51. The molecule has 0 saturated heterocycles. The van der Waals surface area contributed by atoms with E-state index in [0.29, 0.717) is 10.8 Å². The zero-order valence-electron chi connectivity index (χ0n) is 20.3. The Kier molecular flexibility index (Phi) is 6.48. The van der Waals surface area contributed by atoms with Crippen molar-refractivity contribution in [1.82, 2.24) is 0 Å². The Balaban J connectivity index is 1.41. The van der Waals surface area contributed by atoms with Gasteiger partial charge in [-0.15, -0.1) is 0 Å². The third kappa shape index (κ3) is 4.08. The molecule has 9 atom stereocenters. The van der Waals surface area contributed by atoms with Gasteiger partial charge in [-0.05, 0) is 116 Å². The highest BCUT2D eigenvalue weighted by atomic mass is 16.3. The van der Waals surface area contributed by atoms with Crippen molar-refractivity contribution >= 4 is 0 Å². The van der Waals surface area contributed by atoms with Gasteiger partial charge < -0.3 is 5.11 Å². The average molecular weight is 403 g/mol. The first-order valence-corrected chi connectivity index (χ1v) is 13.4.